The number of ether oxygens (including phenoxy) is 5. The Morgan fingerprint density at radius 3 is 2.52 bits per heavy atom. The Labute approximate surface area is 259 Å². The zero-order chi connectivity index (χ0) is 31.4. The van der Waals surface area contributed by atoms with Crippen LogP contribution in [0.15, 0.2) is 42.0 Å². The van der Waals surface area contributed by atoms with Crippen LogP contribution in [0.2, 0.25) is 0 Å². The van der Waals surface area contributed by atoms with Crippen molar-refractivity contribution in [2.75, 3.05) is 37.9 Å². The van der Waals surface area contributed by atoms with Crippen molar-refractivity contribution in [1.82, 2.24) is 4.98 Å². The van der Waals surface area contributed by atoms with E-state index in [-0.39, 0.29) is 27.8 Å². The Hall–Kier alpha value is -4.58. The first-order valence-electron chi connectivity index (χ1n) is 14.5. The first-order valence-corrected chi connectivity index (χ1v) is 15.4. The summed E-state index contributed by atoms with van der Waals surface area (Å²) in [5, 5.41) is 11.7. The lowest BCUT2D eigenvalue weighted by atomic mass is 9.95. The van der Waals surface area contributed by atoms with Gasteiger partial charge in [-0.25, -0.2) is 9.78 Å². The predicted molar refractivity (Wildman–Crippen MR) is 163 cm³/mol. The minimum atomic E-state index is -1.10. The summed E-state index contributed by atoms with van der Waals surface area (Å²) in [6, 6.07) is 8.83. The van der Waals surface area contributed by atoms with E-state index < -0.39 is 29.5 Å². The second kappa shape index (κ2) is 13.4. The maximum absolute atomic E-state index is 13.7. The van der Waals surface area contributed by atoms with Gasteiger partial charge in [-0.2, -0.15) is 0 Å². The number of aryl methyl sites for hydroxylation is 1. The number of aliphatic hydroxyl groups excluding tert-OH is 1. The Morgan fingerprint density at radius 1 is 1.02 bits per heavy atom. The highest BCUT2D eigenvalue weighted by Gasteiger charge is 2.49. The van der Waals surface area contributed by atoms with E-state index in [0.717, 1.165) is 24.2 Å². The zero-order valence-electron chi connectivity index (χ0n) is 25.0. The highest BCUT2D eigenvalue weighted by atomic mass is 32.1. The quantitative estimate of drug-likeness (QED) is 0.0947. The van der Waals surface area contributed by atoms with Crippen molar-refractivity contribution >= 4 is 39.9 Å². The highest BCUT2D eigenvalue weighted by Crippen LogP contribution is 2.46. The molecule has 232 valence electrons. The van der Waals surface area contributed by atoms with Gasteiger partial charge in [0.1, 0.15) is 23.9 Å². The summed E-state index contributed by atoms with van der Waals surface area (Å²) in [7, 11) is 0. The number of aliphatic hydroxyl groups is 1. The molecule has 0 saturated carbocycles. The van der Waals surface area contributed by atoms with E-state index in [9.17, 15) is 19.5 Å². The summed E-state index contributed by atoms with van der Waals surface area (Å²) in [6.07, 6.45) is 1.81. The molecule has 5 rings (SSSR count). The Morgan fingerprint density at radius 2 is 1.80 bits per heavy atom. The van der Waals surface area contributed by atoms with Crippen LogP contribution >= 0.6 is 11.3 Å². The number of esters is 1. The van der Waals surface area contributed by atoms with Crippen LogP contribution < -0.4 is 23.8 Å². The van der Waals surface area contributed by atoms with E-state index in [1.54, 1.807) is 50.2 Å². The summed E-state index contributed by atoms with van der Waals surface area (Å²) in [5.74, 6) is -0.925. The molecule has 0 aliphatic carbocycles. The van der Waals surface area contributed by atoms with Crippen LogP contribution in [0.4, 0.5) is 5.13 Å². The van der Waals surface area contributed by atoms with Gasteiger partial charge >= 0.3 is 11.9 Å². The van der Waals surface area contributed by atoms with Crippen molar-refractivity contribution in [3.63, 3.8) is 0 Å². The Kier molecular flexibility index (Phi) is 9.38. The summed E-state index contributed by atoms with van der Waals surface area (Å²) in [5.41, 5.74) is 0.939. The van der Waals surface area contributed by atoms with E-state index in [1.807, 2.05) is 6.92 Å². The summed E-state index contributed by atoms with van der Waals surface area (Å²) in [6.45, 7) is 8.96. The molecule has 3 heterocycles. The van der Waals surface area contributed by atoms with Gasteiger partial charge in [0.05, 0.1) is 37.1 Å². The van der Waals surface area contributed by atoms with Gasteiger partial charge in [-0.3, -0.25) is 14.5 Å². The van der Waals surface area contributed by atoms with E-state index >= 15 is 0 Å². The number of hydrogen-bond donors (Lipinski definition) is 1. The minimum Gasteiger partial charge on any atom is -0.507 e. The number of hydrogen-bond acceptors (Lipinski definition) is 11. The second-order valence-electron chi connectivity index (χ2n) is 10.0. The molecule has 12 heteroatoms. The Balaban J connectivity index is 1.67. The van der Waals surface area contributed by atoms with Crippen molar-refractivity contribution in [1.29, 1.82) is 0 Å². The molecule has 0 spiro atoms. The molecular weight excluding hydrogens is 588 g/mol. The van der Waals surface area contributed by atoms with Crippen molar-refractivity contribution in [2.45, 2.75) is 46.6 Å². The van der Waals surface area contributed by atoms with Crippen LogP contribution in [0.25, 0.3) is 5.76 Å². The first-order chi connectivity index (χ1) is 21.3. The van der Waals surface area contributed by atoms with Gasteiger partial charge in [0, 0.05) is 5.56 Å². The molecule has 0 unspecified atom stereocenters. The molecule has 1 saturated heterocycles. The zero-order valence-corrected chi connectivity index (χ0v) is 25.8. The lowest BCUT2D eigenvalue weighted by Crippen LogP contribution is -2.29. The van der Waals surface area contributed by atoms with Gasteiger partial charge in [0.2, 0.25) is 0 Å². The average Bonchev–Trinajstić information content (AvgIpc) is 3.53. The third-order valence-corrected chi connectivity index (χ3v) is 8.19. The standard InChI is InChI=1S/C32H34N2O9S/c1-5-8-13-41-21-11-9-19(16-23(21)39-6-2)26-25(27(35)20-10-12-22-24(17-20)43-15-14-42-22)28(36)30(37)34(26)32-33-18(4)29(44-32)31(38)40-7-3/h9-12,16-17,26,35H,5-8,13-15H2,1-4H3/b27-25+/t26-/m1/s1. The van der Waals surface area contributed by atoms with Crippen molar-refractivity contribution in [3.8, 4) is 23.0 Å². The van der Waals surface area contributed by atoms with Crippen molar-refractivity contribution in [3.05, 3.63) is 63.7 Å². The topological polar surface area (TPSA) is 134 Å². The lowest BCUT2D eigenvalue weighted by Gasteiger charge is -2.24. The van der Waals surface area contributed by atoms with Crippen molar-refractivity contribution < 1.29 is 43.2 Å². The van der Waals surface area contributed by atoms with Crippen LogP contribution in [-0.4, -0.2) is 60.8 Å². The van der Waals surface area contributed by atoms with E-state index in [1.165, 1.54) is 4.90 Å². The Bertz CT molecular complexity index is 1610. The molecule has 0 radical (unpaired) electrons. The van der Waals surface area contributed by atoms with Gasteiger partial charge in [-0.05, 0) is 63.1 Å². The molecule has 11 nitrogen and oxygen atoms in total. The number of carbonyl (C=O) groups excluding carboxylic acids is 3. The van der Waals surface area contributed by atoms with Gasteiger partial charge in [-0.1, -0.05) is 30.7 Å². The second-order valence-corrected chi connectivity index (χ2v) is 11.0. The van der Waals surface area contributed by atoms with Gasteiger partial charge in [0.15, 0.2) is 28.1 Å². The number of carbonyl (C=O) groups is 3. The number of thiazole rings is 1. The number of aromatic nitrogens is 1. The van der Waals surface area contributed by atoms with Gasteiger partial charge in [-0.15, -0.1) is 0 Å². The number of benzene rings is 2. The fraction of sp³-hybridized carbons (Fsp3) is 0.375. The van der Waals surface area contributed by atoms with Crippen LogP contribution in [0.5, 0.6) is 23.0 Å². The minimum absolute atomic E-state index is 0.111. The van der Waals surface area contributed by atoms with Crippen LogP contribution in [0.1, 0.15) is 66.1 Å². The largest absolute Gasteiger partial charge is 0.507 e. The number of ketones is 1. The summed E-state index contributed by atoms with van der Waals surface area (Å²) < 4.78 is 28.3. The number of anilines is 1. The number of amides is 1. The van der Waals surface area contributed by atoms with Gasteiger partial charge in [0.25, 0.3) is 5.78 Å². The van der Waals surface area contributed by atoms with Crippen molar-refractivity contribution in [2.24, 2.45) is 0 Å². The van der Waals surface area contributed by atoms with Crippen LogP contribution in [0.3, 0.4) is 0 Å². The molecule has 2 aliphatic rings. The molecule has 1 atom stereocenters. The molecule has 1 aromatic heterocycles. The van der Waals surface area contributed by atoms with E-state index in [2.05, 4.69) is 11.9 Å². The SMILES string of the molecule is CCCCOc1ccc([C@@H]2/C(=C(\O)c3ccc4c(c3)OCCO4)C(=O)C(=O)N2c2nc(C)c(C(=O)OCC)s2)cc1OCC. The number of Topliss-reactive ketones (excluding diaryl/α,β-unsaturated/α-hetero) is 1. The molecule has 1 fully saturated rings. The van der Waals surface area contributed by atoms with Crippen LogP contribution in [-0.2, 0) is 14.3 Å². The maximum atomic E-state index is 13.7. The summed E-state index contributed by atoms with van der Waals surface area (Å²) in [4.78, 5) is 45.9. The molecule has 1 N–H and O–H groups in total. The summed E-state index contributed by atoms with van der Waals surface area (Å²) >= 11 is 0.939. The molecule has 1 amide bonds. The molecular formula is C32H34N2O9S. The van der Waals surface area contributed by atoms with Crippen LogP contribution in [0, 0.1) is 6.92 Å². The molecule has 3 aromatic rings. The molecule has 44 heavy (non-hydrogen) atoms. The number of rotatable bonds is 11. The number of fused-ring (bicyclic) bond motifs is 1. The third-order valence-electron chi connectivity index (χ3n) is 7.05. The highest BCUT2D eigenvalue weighted by molar-refractivity contribution is 7.17. The third kappa shape index (κ3) is 5.94. The normalized spacial score (nSPS) is 17.1. The maximum Gasteiger partial charge on any atom is 0.350 e. The van der Waals surface area contributed by atoms with Gasteiger partial charge < -0.3 is 28.8 Å². The lowest BCUT2D eigenvalue weighted by molar-refractivity contribution is -0.132. The monoisotopic (exact) mass is 622 g/mol. The predicted octanol–water partition coefficient (Wildman–Crippen LogP) is 5.60. The number of unbranched alkanes of at least 4 members (excludes halogenated alkanes) is 1. The molecule has 2 aliphatic heterocycles. The fourth-order valence-corrected chi connectivity index (χ4v) is 5.96. The van der Waals surface area contributed by atoms with E-state index in [0.29, 0.717) is 60.7 Å². The van der Waals surface area contributed by atoms with E-state index in [4.69, 9.17) is 23.7 Å². The fourth-order valence-electron chi connectivity index (χ4n) is 4.97. The smallest absolute Gasteiger partial charge is 0.350 e. The first kappa shape index (κ1) is 30.9. The molecule has 2 aromatic carbocycles. The number of nitrogens with zero attached hydrogens (tertiary/aromatic N) is 2. The average molecular weight is 623 g/mol. The molecule has 0 bridgehead atoms.